The average molecular weight is 247 g/mol. The molecule has 2 heterocycles. The van der Waals surface area contributed by atoms with Crippen LogP contribution in [0.3, 0.4) is 0 Å². The first-order chi connectivity index (χ1) is 7.93. The fourth-order valence-electron chi connectivity index (χ4n) is 1.90. The standard InChI is InChI=1S/C13H13NS2/c1-2-12(15-8-1)10-3-5-11(6-4-10)13-14-7-9-16-13/h1-6,8,13-14H,7,9H2. The minimum Gasteiger partial charge on any atom is -0.301 e. The molecule has 1 nitrogen and oxygen atoms in total. The second-order valence-electron chi connectivity index (χ2n) is 3.80. The first-order valence-electron chi connectivity index (χ1n) is 5.42. The summed E-state index contributed by atoms with van der Waals surface area (Å²) in [5.74, 6) is 1.22. The van der Waals surface area contributed by atoms with E-state index in [1.807, 2.05) is 11.8 Å². The van der Waals surface area contributed by atoms with Gasteiger partial charge in [0.15, 0.2) is 0 Å². The van der Waals surface area contributed by atoms with Gasteiger partial charge in [0.1, 0.15) is 0 Å². The summed E-state index contributed by atoms with van der Waals surface area (Å²) in [7, 11) is 0. The molecule has 3 heteroatoms. The van der Waals surface area contributed by atoms with Crippen molar-refractivity contribution in [3.05, 3.63) is 47.3 Å². The van der Waals surface area contributed by atoms with Gasteiger partial charge in [-0.3, -0.25) is 0 Å². The van der Waals surface area contributed by atoms with E-state index < -0.39 is 0 Å². The molecule has 1 fully saturated rings. The predicted octanol–water partition coefficient (Wildman–Crippen LogP) is 3.75. The van der Waals surface area contributed by atoms with Crippen LogP contribution >= 0.6 is 23.1 Å². The Bertz CT molecular complexity index is 441. The number of benzene rings is 1. The third-order valence-electron chi connectivity index (χ3n) is 2.74. The van der Waals surface area contributed by atoms with Crippen LogP contribution < -0.4 is 5.32 Å². The van der Waals surface area contributed by atoms with Gasteiger partial charge in [0.2, 0.25) is 0 Å². The molecule has 1 aromatic heterocycles. The summed E-state index contributed by atoms with van der Waals surface area (Å²) in [6.07, 6.45) is 0. The second-order valence-corrected chi connectivity index (χ2v) is 5.96. The highest BCUT2D eigenvalue weighted by Gasteiger charge is 2.16. The quantitative estimate of drug-likeness (QED) is 0.867. The molecule has 2 aromatic rings. The molecule has 1 aliphatic heterocycles. The zero-order valence-corrected chi connectivity index (χ0v) is 10.5. The molecular weight excluding hydrogens is 234 g/mol. The van der Waals surface area contributed by atoms with Gasteiger partial charge in [0.25, 0.3) is 0 Å². The normalized spacial score (nSPS) is 20.1. The SMILES string of the molecule is c1csc(-c2ccc(C3NCCS3)cc2)c1. The lowest BCUT2D eigenvalue weighted by Gasteiger charge is -2.10. The molecule has 0 bridgehead atoms. The third-order valence-corrected chi connectivity index (χ3v) is 4.87. The van der Waals surface area contributed by atoms with Crippen LogP contribution in [-0.4, -0.2) is 12.3 Å². The third kappa shape index (κ3) is 2.03. The van der Waals surface area contributed by atoms with E-state index in [4.69, 9.17) is 0 Å². The topological polar surface area (TPSA) is 12.0 Å². The number of hydrogen-bond donors (Lipinski definition) is 1. The van der Waals surface area contributed by atoms with Crippen molar-refractivity contribution in [1.29, 1.82) is 0 Å². The number of nitrogens with one attached hydrogen (secondary N) is 1. The van der Waals surface area contributed by atoms with Crippen LogP contribution in [0, 0.1) is 0 Å². The zero-order valence-electron chi connectivity index (χ0n) is 8.85. The van der Waals surface area contributed by atoms with Gasteiger partial charge >= 0.3 is 0 Å². The Hall–Kier alpha value is -0.770. The molecular formula is C13H13NS2. The molecule has 1 atom stereocenters. The lowest BCUT2D eigenvalue weighted by molar-refractivity contribution is 0.751. The molecule has 1 N–H and O–H groups in total. The van der Waals surface area contributed by atoms with Gasteiger partial charge in [-0.15, -0.1) is 23.1 Å². The van der Waals surface area contributed by atoms with Crippen molar-refractivity contribution in [3.63, 3.8) is 0 Å². The highest BCUT2D eigenvalue weighted by molar-refractivity contribution is 7.99. The average Bonchev–Trinajstić information content (AvgIpc) is 3.03. The maximum atomic E-state index is 3.49. The largest absolute Gasteiger partial charge is 0.301 e. The molecule has 0 aliphatic carbocycles. The van der Waals surface area contributed by atoms with Gasteiger partial charge in [0.05, 0.1) is 5.37 Å². The van der Waals surface area contributed by atoms with Crippen molar-refractivity contribution in [2.75, 3.05) is 12.3 Å². The van der Waals surface area contributed by atoms with E-state index in [-0.39, 0.29) is 0 Å². The smallest absolute Gasteiger partial charge is 0.0790 e. The van der Waals surface area contributed by atoms with E-state index in [1.165, 1.54) is 21.8 Å². The van der Waals surface area contributed by atoms with E-state index in [0.717, 1.165) is 6.54 Å². The summed E-state index contributed by atoms with van der Waals surface area (Å²) >= 11 is 3.78. The Morgan fingerprint density at radius 3 is 2.62 bits per heavy atom. The molecule has 0 saturated carbocycles. The first-order valence-corrected chi connectivity index (χ1v) is 7.35. The summed E-state index contributed by atoms with van der Waals surface area (Å²) in [5, 5.41) is 6.11. The van der Waals surface area contributed by atoms with Crippen LogP contribution in [0.4, 0.5) is 0 Å². The Morgan fingerprint density at radius 1 is 1.12 bits per heavy atom. The predicted molar refractivity (Wildman–Crippen MR) is 73.0 cm³/mol. The zero-order chi connectivity index (χ0) is 10.8. The fraction of sp³-hybridized carbons (Fsp3) is 0.231. The van der Waals surface area contributed by atoms with Gasteiger partial charge in [-0.2, -0.15) is 0 Å². The Kier molecular flexibility index (Phi) is 3.00. The maximum absolute atomic E-state index is 3.49. The molecule has 0 spiro atoms. The summed E-state index contributed by atoms with van der Waals surface area (Å²) in [4.78, 5) is 1.35. The van der Waals surface area contributed by atoms with Crippen LogP contribution in [0.2, 0.25) is 0 Å². The Morgan fingerprint density at radius 2 is 2.00 bits per heavy atom. The summed E-state index contributed by atoms with van der Waals surface area (Å²) in [6, 6.07) is 13.2. The van der Waals surface area contributed by atoms with Crippen molar-refractivity contribution in [1.82, 2.24) is 5.32 Å². The number of hydrogen-bond acceptors (Lipinski definition) is 3. The number of thioether (sulfide) groups is 1. The number of rotatable bonds is 2. The second kappa shape index (κ2) is 4.62. The molecule has 1 saturated heterocycles. The highest BCUT2D eigenvalue weighted by Crippen LogP contribution is 2.32. The molecule has 0 amide bonds. The van der Waals surface area contributed by atoms with E-state index in [1.54, 1.807) is 11.3 Å². The van der Waals surface area contributed by atoms with E-state index in [9.17, 15) is 0 Å². The van der Waals surface area contributed by atoms with Gasteiger partial charge in [-0.05, 0) is 22.6 Å². The van der Waals surface area contributed by atoms with Crippen molar-refractivity contribution in [2.24, 2.45) is 0 Å². The first kappa shape index (κ1) is 10.4. The van der Waals surface area contributed by atoms with Crippen LogP contribution in [0.25, 0.3) is 10.4 Å². The lowest BCUT2D eigenvalue weighted by atomic mass is 10.1. The van der Waals surface area contributed by atoms with Gasteiger partial charge in [0, 0.05) is 17.2 Å². The molecule has 82 valence electrons. The van der Waals surface area contributed by atoms with Crippen LogP contribution in [-0.2, 0) is 0 Å². The van der Waals surface area contributed by atoms with Crippen LogP contribution in [0.5, 0.6) is 0 Å². The van der Waals surface area contributed by atoms with E-state index in [2.05, 4.69) is 47.1 Å². The van der Waals surface area contributed by atoms with E-state index >= 15 is 0 Å². The lowest BCUT2D eigenvalue weighted by Crippen LogP contribution is -2.11. The Balaban J connectivity index is 1.84. The summed E-state index contributed by atoms with van der Waals surface area (Å²) < 4.78 is 0. The molecule has 3 rings (SSSR count). The van der Waals surface area contributed by atoms with Crippen LogP contribution in [0.15, 0.2) is 41.8 Å². The molecule has 1 aromatic carbocycles. The van der Waals surface area contributed by atoms with Crippen molar-refractivity contribution < 1.29 is 0 Å². The monoisotopic (exact) mass is 247 g/mol. The molecule has 1 aliphatic rings. The summed E-state index contributed by atoms with van der Waals surface area (Å²) in [5.41, 5.74) is 2.71. The highest BCUT2D eigenvalue weighted by atomic mass is 32.2. The molecule has 16 heavy (non-hydrogen) atoms. The molecule has 1 unspecified atom stereocenters. The minimum absolute atomic E-state index is 0.498. The van der Waals surface area contributed by atoms with Crippen molar-refractivity contribution in [2.45, 2.75) is 5.37 Å². The Labute approximate surface area is 104 Å². The summed E-state index contributed by atoms with van der Waals surface area (Å²) in [6.45, 7) is 1.13. The van der Waals surface area contributed by atoms with Crippen LogP contribution in [0.1, 0.15) is 10.9 Å². The van der Waals surface area contributed by atoms with Gasteiger partial charge in [-0.25, -0.2) is 0 Å². The van der Waals surface area contributed by atoms with E-state index in [0.29, 0.717) is 5.37 Å². The minimum atomic E-state index is 0.498. The fourth-order valence-corrected chi connectivity index (χ4v) is 3.69. The number of thiophene rings is 1. The van der Waals surface area contributed by atoms with Gasteiger partial charge < -0.3 is 5.32 Å². The van der Waals surface area contributed by atoms with Crippen molar-refractivity contribution >= 4 is 23.1 Å². The van der Waals surface area contributed by atoms with Gasteiger partial charge in [-0.1, -0.05) is 30.3 Å². The maximum Gasteiger partial charge on any atom is 0.0790 e. The van der Waals surface area contributed by atoms with Crippen molar-refractivity contribution in [3.8, 4) is 10.4 Å². The molecule has 0 radical (unpaired) electrons.